The quantitative estimate of drug-likeness (QED) is 0.217. The average Bonchev–Trinajstić information content (AvgIpc) is 1.58. The van der Waals surface area contributed by atoms with Crippen molar-refractivity contribution in [1.82, 2.24) is 0 Å². The minimum absolute atomic E-state index is 0. The van der Waals surface area contributed by atoms with Gasteiger partial charge in [0, 0.05) is 0 Å². The second-order valence-electron chi connectivity index (χ2n) is 0.986. The van der Waals surface area contributed by atoms with Crippen LogP contribution in [-0.4, -0.2) is 28.7 Å². The summed E-state index contributed by atoms with van der Waals surface area (Å²) in [6.07, 6.45) is -5.64. The van der Waals surface area contributed by atoms with E-state index in [9.17, 15) is 14.4 Å². The van der Waals surface area contributed by atoms with E-state index in [0.717, 1.165) is 0 Å². The Morgan fingerprint density at radius 2 is 1.00 bits per heavy atom. The van der Waals surface area contributed by atoms with Gasteiger partial charge in [-0.15, -0.1) is 0 Å². The minimum atomic E-state index is -1.92. The van der Waals surface area contributed by atoms with Gasteiger partial charge in [-0.3, -0.25) is 0 Å². The summed E-state index contributed by atoms with van der Waals surface area (Å²) in [6.45, 7) is 0. The molecule has 0 heterocycles. The van der Waals surface area contributed by atoms with Gasteiger partial charge < -0.3 is 25.4 Å². The maximum Gasteiger partial charge on any atom is 1.00 e. The smallest absolute Gasteiger partial charge is 1.00 e. The summed E-state index contributed by atoms with van der Waals surface area (Å²) in [5.41, 5.74) is 0. The van der Waals surface area contributed by atoms with E-state index >= 15 is 0 Å². The zero-order valence-corrected chi connectivity index (χ0v) is 8.44. The number of carboxylic acid groups (broad SMARTS) is 2. The summed E-state index contributed by atoms with van der Waals surface area (Å²) in [4.78, 5) is 28.8. The van der Waals surface area contributed by atoms with E-state index in [0.29, 0.717) is 0 Å². The summed E-state index contributed by atoms with van der Waals surface area (Å²) in [5, 5.41) is 15.4. The van der Waals surface area contributed by atoms with Crippen LogP contribution in [0.4, 0.5) is 14.4 Å². The Kier molecular flexibility index (Phi) is 33.6. The molecule has 11 heteroatoms. The van der Waals surface area contributed by atoms with Crippen molar-refractivity contribution in [3.05, 3.63) is 0 Å². The zero-order chi connectivity index (χ0) is 8.15. The van der Waals surface area contributed by atoms with Gasteiger partial charge in [0.15, 0.2) is 0 Å². The van der Waals surface area contributed by atoms with Crippen LogP contribution >= 0.6 is 0 Å². The van der Waals surface area contributed by atoms with Gasteiger partial charge in [0.05, 0.1) is 0 Å². The van der Waals surface area contributed by atoms with Crippen molar-refractivity contribution < 1.29 is 115 Å². The van der Waals surface area contributed by atoms with Gasteiger partial charge >= 0.3 is 93.9 Å². The number of carbonyl (C=O) groups is 3. The van der Waals surface area contributed by atoms with Crippen molar-refractivity contribution in [3.8, 4) is 0 Å². The molecule has 0 aliphatic carbocycles. The predicted octanol–water partition coefficient (Wildman–Crippen LogP) is -11.0. The molecule has 7 nitrogen and oxygen atoms in total. The van der Waals surface area contributed by atoms with Gasteiger partial charge in [-0.1, -0.05) is 0 Å². The SMILES string of the molecule is O=C(O)OC(=O)OC(=O)O.[H-].[H-].[H-].[H-].[Li+].[Li+].[Li+].[Li+]. The summed E-state index contributed by atoms with van der Waals surface area (Å²) in [7, 11) is 0. The molecule has 0 rings (SSSR count). The van der Waals surface area contributed by atoms with Crippen molar-refractivity contribution in [3.63, 3.8) is 0 Å². The first-order valence-electron chi connectivity index (χ1n) is 1.88. The van der Waals surface area contributed by atoms with Gasteiger partial charge in [0.1, 0.15) is 0 Å². The number of rotatable bonds is 0. The van der Waals surface area contributed by atoms with Crippen LogP contribution in [0.2, 0.25) is 0 Å². The van der Waals surface area contributed by atoms with Crippen LogP contribution in [0.25, 0.3) is 0 Å². The largest absolute Gasteiger partial charge is 1.00 e. The summed E-state index contributed by atoms with van der Waals surface area (Å²) < 4.78 is 6.47. The molecule has 0 saturated heterocycles. The Balaban J connectivity index is -0.0000000145. The first kappa shape index (κ1) is 29.3. The number of hydrogen-bond acceptors (Lipinski definition) is 5. The number of hydrogen-bond donors (Lipinski definition) is 2. The Morgan fingerprint density at radius 3 is 1.14 bits per heavy atom. The fourth-order valence-corrected chi connectivity index (χ4v) is 0.163. The molecule has 64 valence electrons. The maximum absolute atomic E-state index is 9.86. The molecule has 0 aromatic heterocycles. The topological polar surface area (TPSA) is 110 Å². The van der Waals surface area contributed by atoms with E-state index in [1.54, 1.807) is 0 Å². The minimum Gasteiger partial charge on any atom is -1.00 e. The molecule has 0 saturated carbocycles. The van der Waals surface area contributed by atoms with Gasteiger partial charge in [-0.2, -0.15) is 0 Å². The molecule has 2 N–H and O–H groups in total. The third-order valence-electron chi connectivity index (χ3n) is 0.341. The summed E-state index contributed by atoms with van der Waals surface area (Å²) in [6, 6.07) is 0. The molecule has 0 bridgehead atoms. The van der Waals surface area contributed by atoms with Crippen LogP contribution in [0.1, 0.15) is 5.71 Å². The average molecular weight is 182 g/mol. The van der Waals surface area contributed by atoms with Gasteiger partial charge in [-0.05, 0) is 0 Å². The van der Waals surface area contributed by atoms with Crippen LogP contribution < -0.4 is 75.4 Å². The molecule has 0 unspecified atom stereocenters. The molecule has 0 aromatic carbocycles. The number of carbonyl (C=O) groups excluding carboxylic acids is 1. The van der Waals surface area contributed by atoms with Crippen molar-refractivity contribution >= 4 is 18.5 Å². The zero-order valence-electron chi connectivity index (χ0n) is 12.4. The molecule has 0 aliphatic heterocycles. The maximum atomic E-state index is 9.86. The first-order chi connectivity index (χ1) is 4.52. The second kappa shape index (κ2) is 16.0. The van der Waals surface area contributed by atoms with E-state index in [2.05, 4.69) is 9.47 Å². The second-order valence-corrected chi connectivity index (χ2v) is 0.986. The van der Waals surface area contributed by atoms with E-state index in [-0.39, 0.29) is 81.1 Å². The van der Waals surface area contributed by atoms with Gasteiger partial charge in [0.25, 0.3) is 0 Å². The van der Waals surface area contributed by atoms with Gasteiger partial charge in [0.2, 0.25) is 0 Å². The third kappa shape index (κ3) is 22.9. The van der Waals surface area contributed by atoms with Crippen molar-refractivity contribution in [2.75, 3.05) is 0 Å². The van der Waals surface area contributed by atoms with Crippen LogP contribution in [0.5, 0.6) is 0 Å². The fraction of sp³-hybridized carbons (Fsp3) is 0. The molecule has 0 fully saturated rings. The van der Waals surface area contributed by atoms with Crippen LogP contribution in [-0.2, 0) is 9.47 Å². The molecular weight excluding hydrogens is 176 g/mol. The van der Waals surface area contributed by atoms with Gasteiger partial charge in [-0.25, -0.2) is 14.4 Å². The van der Waals surface area contributed by atoms with E-state index in [1.165, 1.54) is 0 Å². The number of ether oxygens (including phenoxy) is 2. The van der Waals surface area contributed by atoms with Crippen LogP contribution in [0, 0.1) is 0 Å². The monoisotopic (exact) mass is 182 g/mol. The standard InChI is InChI=1S/C3H2O7.4Li.4H/c4-1(5)9-3(8)10-2(6)7;;;;;;;;/h(H,4,5)(H,6,7);;;;;;;;/q;4*+1;4*-1. The predicted molar refractivity (Wildman–Crippen MR) is 28.1 cm³/mol. The molecule has 0 spiro atoms. The van der Waals surface area contributed by atoms with Crippen molar-refractivity contribution in [2.45, 2.75) is 0 Å². The molecule has 0 radical (unpaired) electrons. The first-order valence-corrected chi connectivity index (χ1v) is 1.88. The molecule has 0 aromatic rings. The Hall–Kier alpha value is 0.600. The van der Waals surface area contributed by atoms with Crippen molar-refractivity contribution in [2.24, 2.45) is 0 Å². The molecule has 0 atom stereocenters. The third-order valence-corrected chi connectivity index (χ3v) is 0.341. The normalized spacial score (nSPS) is 5.71. The van der Waals surface area contributed by atoms with E-state index in [4.69, 9.17) is 10.2 Å². The Labute approximate surface area is 133 Å². The fourth-order valence-electron chi connectivity index (χ4n) is 0.163. The molecule has 0 amide bonds. The molecule has 14 heavy (non-hydrogen) atoms. The van der Waals surface area contributed by atoms with Crippen molar-refractivity contribution in [1.29, 1.82) is 0 Å². The summed E-state index contributed by atoms with van der Waals surface area (Å²) >= 11 is 0. The van der Waals surface area contributed by atoms with E-state index < -0.39 is 18.5 Å². The Bertz CT molecular complexity index is 178. The Morgan fingerprint density at radius 1 is 0.786 bits per heavy atom. The molecule has 0 aliphatic rings. The van der Waals surface area contributed by atoms with E-state index in [1.807, 2.05) is 0 Å². The summed E-state index contributed by atoms with van der Waals surface area (Å²) in [5.74, 6) is 0. The molecular formula is C3H6Li4O7. The van der Waals surface area contributed by atoms with Crippen LogP contribution in [0.3, 0.4) is 0 Å². The van der Waals surface area contributed by atoms with Crippen LogP contribution in [0.15, 0.2) is 0 Å².